The molecule has 0 atom stereocenters. The first-order valence-corrected chi connectivity index (χ1v) is 8.00. The van der Waals surface area contributed by atoms with Crippen LogP contribution in [0, 0.1) is 0 Å². The molecule has 1 heterocycles. The fourth-order valence-corrected chi connectivity index (χ4v) is 2.94. The standard InChI is InChI=1S/C15H15ClN2O4S/c1-21-12-4-3-10(16)5-9(12)8-23-15-17-11(6-13(19)18-15)7-14(20)22-2/h3-6H,7-8H2,1-2H3,(H,17,18,19). The zero-order valence-corrected chi connectivity index (χ0v) is 14.2. The highest BCUT2D eigenvalue weighted by atomic mass is 35.5. The third-order valence-electron chi connectivity index (χ3n) is 2.93. The molecule has 122 valence electrons. The number of benzene rings is 1. The molecule has 0 aliphatic rings. The van der Waals surface area contributed by atoms with Gasteiger partial charge in [-0.05, 0) is 18.2 Å². The van der Waals surface area contributed by atoms with Crippen LogP contribution in [0.2, 0.25) is 5.02 Å². The van der Waals surface area contributed by atoms with E-state index in [1.807, 2.05) is 0 Å². The number of hydrogen-bond acceptors (Lipinski definition) is 6. The number of halogens is 1. The van der Waals surface area contributed by atoms with Crippen molar-refractivity contribution in [2.24, 2.45) is 0 Å². The summed E-state index contributed by atoms with van der Waals surface area (Å²) in [5.41, 5.74) is 0.923. The van der Waals surface area contributed by atoms with Gasteiger partial charge in [-0.25, -0.2) is 4.98 Å². The summed E-state index contributed by atoms with van der Waals surface area (Å²) in [5, 5.41) is 1.01. The zero-order valence-electron chi connectivity index (χ0n) is 12.6. The van der Waals surface area contributed by atoms with Crippen LogP contribution in [0.4, 0.5) is 0 Å². The highest BCUT2D eigenvalue weighted by Crippen LogP contribution is 2.28. The average Bonchev–Trinajstić information content (AvgIpc) is 2.52. The van der Waals surface area contributed by atoms with E-state index >= 15 is 0 Å². The summed E-state index contributed by atoms with van der Waals surface area (Å²) in [7, 11) is 2.87. The fourth-order valence-electron chi connectivity index (χ4n) is 1.87. The molecule has 0 saturated heterocycles. The number of ether oxygens (including phenoxy) is 2. The van der Waals surface area contributed by atoms with E-state index in [1.54, 1.807) is 25.3 Å². The van der Waals surface area contributed by atoms with Gasteiger partial charge in [0.25, 0.3) is 5.56 Å². The lowest BCUT2D eigenvalue weighted by Gasteiger charge is -2.08. The van der Waals surface area contributed by atoms with Crippen molar-refractivity contribution < 1.29 is 14.3 Å². The van der Waals surface area contributed by atoms with Gasteiger partial charge in [-0.1, -0.05) is 23.4 Å². The minimum absolute atomic E-state index is 0.0472. The molecule has 8 heteroatoms. The molecule has 6 nitrogen and oxygen atoms in total. The smallest absolute Gasteiger partial charge is 0.311 e. The molecule has 0 spiro atoms. The fraction of sp³-hybridized carbons (Fsp3) is 0.267. The number of nitrogens with zero attached hydrogens (tertiary/aromatic N) is 1. The maximum absolute atomic E-state index is 11.7. The average molecular weight is 355 g/mol. The number of methoxy groups -OCH3 is 2. The first-order valence-electron chi connectivity index (χ1n) is 6.64. The molecule has 2 aromatic rings. The van der Waals surface area contributed by atoms with Gasteiger partial charge in [0.2, 0.25) is 0 Å². The van der Waals surface area contributed by atoms with Crippen molar-refractivity contribution in [2.75, 3.05) is 14.2 Å². The van der Waals surface area contributed by atoms with Crippen LogP contribution in [0.5, 0.6) is 5.75 Å². The first-order chi connectivity index (χ1) is 11.0. The highest BCUT2D eigenvalue weighted by molar-refractivity contribution is 7.98. The van der Waals surface area contributed by atoms with Gasteiger partial charge in [-0.15, -0.1) is 0 Å². The summed E-state index contributed by atoms with van der Waals surface area (Å²) < 4.78 is 9.86. The molecule has 1 aromatic heterocycles. The van der Waals surface area contributed by atoms with Crippen molar-refractivity contribution in [2.45, 2.75) is 17.3 Å². The minimum Gasteiger partial charge on any atom is -0.496 e. The number of nitrogens with one attached hydrogen (secondary N) is 1. The number of carbonyl (C=O) groups is 1. The van der Waals surface area contributed by atoms with Crippen LogP contribution in [0.1, 0.15) is 11.3 Å². The second-order valence-corrected chi connectivity index (χ2v) is 5.94. The van der Waals surface area contributed by atoms with Gasteiger partial charge >= 0.3 is 5.97 Å². The van der Waals surface area contributed by atoms with E-state index in [0.717, 1.165) is 5.56 Å². The molecule has 0 unspecified atom stereocenters. The number of aromatic amines is 1. The van der Waals surface area contributed by atoms with E-state index in [4.69, 9.17) is 16.3 Å². The van der Waals surface area contributed by atoms with Gasteiger partial charge in [0.1, 0.15) is 5.75 Å². The van der Waals surface area contributed by atoms with Crippen LogP contribution in [0.3, 0.4) is 0 Å². The molecule has 0 aliphatic carbocycles. The molecule has 1 N–H and O–H groups in total. The van der Waals surface area contributed by atoms with Crippen molar-refractivity contribution >= 4 is 29.3 Å². The monoisotopic (exact) mass is 354 g/mol. The van der Waals surface area contributed by atoms with E-state index in [0.29, 0.717) is 27.4 Å². The predicted octanol–water partition coefficient (Wildman–Crippen LogP) is 2.44. The highest BCUT2D eigenvalue weighted by Gasteiger charge is 2.10. The van der Waals surface area contributed by atoms with E-state index in [1.165, 1.54) is 24.9 Å². The normalized spacial score (nSPS) is 10.4. The third kappa shape index (κ3) is 5.01. The molecular weight excluding hydrogens is 340 g/mol. The molecule has 0 fully saturated rings. The number of aromatic nitrogens is 2. The molecule has 0 aliphatic heterocycles. The Bertz CT molecular complexity index is 763. The lowest BCUT2D eigenvalue weighted by Crippen LogP contribution is -2.13. The van der Waals surface area contributed by atoms with Crippen molar-refractivity contribution in [1.82, 2.24) is 9.97 Å². The maximum atomic E-state index is 11.7. The summed E-state index contributed by atoms with van der Waals surface area (Å²) in [5.74, 6) is 0.763. The van der Waals surface area contributed by atoms with Crippen LogP contribution in [-0.2, 0) is 21.7 Å². The van der Waals surface area contributed by atoms with Crippen LogP contribution < -0.4 is 10.3 Å². The number of esters is 1. The Kier molecular flexibility index (Phi) is 6.06. The lowest BCUT2D eigenvalue weighted by atomic mass is 10.2. The zero-order chi connectivity index (χ0) is 16.8. The Balaban J connectivity index is 2.16. The second-order valence-electron chi connectivity index (χ2n) is 4.54. The Labute approximate surface area is 142 Å². The van der Waals surface area contributed by atoms with Gasteiger partial charge in [0, 0.05) is 22.4 Å². The number of carbonyl (C=O) groups excluding carboxylic acids is 1. The summed E-state index contributed by atoms with van der Waals surface area (Å²) >= 11 is 7.31. The SMILES string of the molecule is COC(=O)Cc1cc(=O)[nH]c(SCc2cc(Cl)ccc2OC)n1. The van der Waals surface area contributed by atoms with Gasteiger partial charge in [0.05, 0.1) is 26.3 Å². The van der Waals surface area contributed by atoms with E-state index in [-0.39, 0.29) is 12.0 Å². The quantitative estimate of drug-likeness (QED) is 0.487. The van der Waals surface area contributed by atoms with E-state index in [2.05, 4.69) is 14.7 Å². The van der Waals surface area contributed by atoms with Gasteiger partial charge in [-0.2, -0.15) is 0 Å². The number of H-pyrrole nitrogens is 1. The number of thioether (sulfide) groups is 1. The molecular formula is C15H15ClN2O4S. The van der Waals surface area contributed by atoms with Gasteiger partial charge in [-0.3, -0.25) is 9.59 Å². The van der Waals surface area contributed by atoms with Crippen molar-refractivity contribution in [1.29, 1.82) is 0 Å². The summed E-state index contributed by atoms with van der Waals surface area (Å²) in [6.07, 6.45) is -0.0472. The topological polar surface area (TPSA) is 81.3 Å². The second kappa shape index (κ2) is 8.03. The molecule has 23 heavy (non-hydrogen) atoms. The van der Waals surface area contributed by atoms with Gasteiger partial charge < -0.3 is 14.5 Å². The summed E-state index contributed by atoms with van der Waals surface area (Å²) in [6.45, 7) is 0. The van der Waals surface area contributed by atoms with Crippen LogP contribution in [0.25, 0.3) is 0 Å². The molecule has 1 aromatic carbocycles. The summed E-state index contributed by atoms with van der Waals surface area (Å²) in [4.78, 5) is 29.8. The number of rotatable bonds is 6. The van der Waals surface area contributed by atoms with Crippen LogP contribution >= 0.6 is 23.4 Å². The Morgan fingerprint density at radius 2 is 2.13 bits per heavy atom. The van der Waals surface area contributed by atoms with Crippen molar-refractivity contribution in [3.05, 3.63) is 50.9 Å². The Morgan fingerprint density at radius 1 is 1.35 bits per heavy atom. The molecule has 0 radical (unpaired) electrons. The third-order valence-corrected chi connectivity index (χ3v) is 4.09. The van der Waals surface area contributed by atoms with Crippen LogP contribution in [-0.4, -0.2) is 30.2 Å². The minimum atomic E-state index is -0.449. The molecule has 0 amide bonds. The summed E-state index contributed by atoms with van der Waals surface area (Å²) in [6, 6.07) is 6.60. The van der Waals surface area contributed by atoms with Crippen molar-refractivity contribution in [3.63, 3.8) is 0 Å². The predicted molar refractivity (Wildman–Crippen MR) is 88.1 cm³/mol. The van der Waals surface area contributed by atoms with E-state index < -0.39 is 5.97 Å². The van der Waals surface area contributed by atoms with Crippen LogP contribution in [0.15, 0.2) is 34.2 Å². The molecule has 2 rings (SSSR count). The number of hydrogen-bond donors (Lipinski definition) is 1. The molecule has 0 bridgehead atoms. The van der Waals surface area contributed by atoms with Gasteiger partial charge in [0.15, 0.2) is 5.16 Å². The Morgan fingerprint density at radius 3 is 2.83 bits per heavy atom. The first kappa shape index (κ1) is 17.4. The van der Waals surface area contributed by atoms with Crippen molar-refractivity contribution in [3.8, 4) is 5.75 Å². The largest absolute Gasteiger partial charge is 0.496 e. The Hall–Kier alpha value is -1.99. The lowest BCUT2D eigenvalue weighted by molar-refractivity contribution is -0.139. The maximum Gasteiger partial charge on any atom is 0.311 e. The van der Waals surface area contributed by atoms with E-state index in [9.17, 15) is 9.59 Å². The molecule has 0 saturated carbocycles.